The molecule has 1 aromatic carbocycles. The maximum Gasteiger partial charge on any atom is 0.123 e. The second-order valence-electron chi connectivity index (χ2n) is 5.47. The molecule has 3 nitrogen and oxygen atoms in total. The highest BCUT2D eigenvalue weighted by Gasteiger charge is 2.19. The fraction of sp³-hybridized carbons (Fsp3) is 0.600. The first-order chi connectivity index (χ1) is 8.56. The maximum atomic E-state index is 5.98. The van der Waals surface area contributed by atoms with Crippen LogP contribution in [0.25, 0.3) is 0 Å². The molecule has 0 aliphatic carbocycles. The van der Waals surface area contributed by atoms with Crippen molar-refractivity contribution in [2.75, 3.05) is 17.2 Å². The van der Waals surface area contributed by atoms with Crippen molar-refractivity contribution in [2.45, 2.75) is 52.2 Å². The van der Waals surface area contributed by atoms with Crippen LogP contribution in [0.4, 0.5) is 11.4 Å². The van der Waals surface area contributed by atoms with Crippen LogP contribution < -0.4 is 15.4 Å². The van der Waals surface area contributed by atoms with Gasteiger partial charge in [-0.05, 0) is 46.1 Å². The lowest BCUT2D eigenvalue weighted by atomic mass is 10.0. The van der Waals surface area contributed by atoms with Gasteiger partial charge in [0.15, 0.2) is 0 Å². The van der Waals surface area contributed by atoms with Crippen LogP contribution in [-0.4, -0.2) is 18.7 Å². The van der Waals surface area contributed by atoms with Gasteiger partial charge in [0.25, 0.3) is 0 Å². The minimum absolute atomic E-state index is 0.179. The molecule has 2 N–H and O–H groups in total. The van der Waals surface area contributed by atoms with E-state index >= 15 is 0 Å². The van der Waals surface area contributed by atoms with Crippen LogP contribution >= 0.6 is 0 Å². The molecule has 1 aliphatic heterocycles. The molecule has 1 unspecified atom stereocenters. The highest BCUT2D eigenvalue weighted by Crippen LogP contribution is 2.30. The lowest BCUT2D eigenvalue weighted by Crippen LogP contribution is -2.37. The van der Waals surface area contributed by atoms with Crippen molar-refractivity contribution in [1.82, 2.24) is 0 Å². The minimum Gasteiger partial charge on any atom is -0.491 e. The normalized spacial score (nSPS) is 20.2. The van der Waals surface area contributed by atoms with E-state index in [1.165, 1.54) is 24.9 Å². The number of anilines is 2. The van der Waals surface area contributed by atoms with Crippen LogP contribution in [0.3, 0.4) is 0 Å². The lowest BCUT2D eigenvalue weighted by Gasteiger charge is -2.35. The summed E-state index contributed by atoms with van der Waals surface area (Å²) in [6.07, 6.45) is 4.03. The Morgan fingerprint density at radius 3 is 2.72 bits per heavy atom. The topological polar surface area (TPSA) is 38.5 Å². The van der Waals surface area contributed by atoms with Crippen molar-refractivity contribution in [3.8, 4) is 5.75 Å². The molecule has 2 rings (SSSR count). The Balaban J connectivity index is 2.23. The first-order valence-electron chi connectivity index (χ1n) is 6.90. The number of nitrogens with two attached hydrogens (primary N) is 1. The van der Waals surface area contributed by atoms with Crippen molar-refractivity contribution in [3.05, 3.63) is 18.2 Å². The van der Waals surface area contributed by atoms with Crippen LogP contribution in [0.2, 0.25) is 0 Å². The van der Waals surface area contributed by atoms with Crippen molar-refractivity contribution < 1.29 is 4.74 Å². The summed E-state index contributed by atoms with van der Waals surface area (Å²) >= 11 is 0. The van der Waals surface area contributed by atoms with E-state index in [2.05, 4.69) is 24.0 Å². The fourth-order valence-corrected chi connectivity index (χ4v) is 2.59. The van der Waals surface area contributed by atoms with E-state index in [1.807, 2.05) is 19.9 Å². The van der Waals surface area contributed by atoms with E-state index in [0.717, 1.165) is 18.0 Å². The summed E-state index contributed by atoms with van der Waals surface area (Å²) in [5.41, 5.74) is 7.95. The largest absolute Gasteiger partial charge is 0.491 e. The van der Waals surface area contributed by atoms with E-state index < -0.39 is 0 Å². The van der Waals surface area contributed by atoms with Crippen molar-refractivity contribution >= 4 is 11.4 Å². The van der Waals surface area contributed by atoms with Crippen LogP contribution in [0, 0.1) is 0 Å². The summed E-state index contributed by atoms with van der Waals surface area (Å²) in [6, 6.07) is 6.65. The number of hydrogen-bond donors (Lipinski definition) is 1. The van der Waals surface area contributed by atoms with E-state index in [1.54, 1.807) is 0 Å². The zero-order valence-corrected chi connectivity index (χ0v) is 11.6. The third-order valence-corrected chi connectivity index (χ3v) is 3.42. The molecule has 1 saturated heterocycles. The number of ether oxygens (including phenoxy) is 1. The third-order valence-electron chi connectivity index (χ3n) is 3.42. The molecule has 1 fully saturated rings. The smallest absolute Gasteiger partial charge is 0.123 e. The Morgan fingerprint density at radius 1 is 1.28 bits per heavy atom. The average Bonchev–Trinajstić information content (AvgIpc) is 2.27. The quantitative estimate of drug-likeness (QED) is 0.833. The van der Waals surface area contributed by atoms with Crippen LogP contribution in [0.5, 0.6) is 5.75 Å². The van der Waals surface area contributed by atoms with Crippen molar-refractivity contribution in [3.63, 3.8) is 0 Å². The number of nitrogen functional groups attached to an aromatic ring is 1. The van der Waals surface area contributed by atoms with Crippen LogP contribution in [0.15, 0.2) is 18.2 Å². The highest BCUT2D eigenvalue weighted by molar-refractivity contribution is 5.61. The van der Waals surface area contributed by atoms with E-state index in [9.17, 15) is 0 Å². The molecule has 1 aromatic rings. The van der Waals surface area contributed by atoms with Gasteiger partial charge in [0.1, 0.15) is 5.75 Å². The number of nitrogens with zero attached hydrogens (tertiary/aromatic N) is 1. The number of rotatable bonds is 3. The number of hydrogen-bond acceptors (Lipinski definition) is 3. The summed E-state index contributed by atoms with van der Waals surface area (Å²) < 4.78 is 5.76. The Morgan fingerprint density at radius 2 is 2.06 bits per heavy atom. The van der Waals surface area contributed by atoms with Gasteiger partial charge in [-0.3, -0.25) is 0 Å². The molecule has 1 heterocycles. The monoisotopic (exact) mass is 248 g/mol. The first kappa shape index (κ1) is 13.1. The summed E-state index contributed by atoms with van der Waals surface area (Å²) in [5, 5.41) is 0. The second-order valence-corrected chi connectivity index (χ2v) is 5.47. The van der Waals surface area contributed by atoms with Gasteiger partial charge in [0.2, 0.25) is 0 Å². The van der Waals surface area contributed by atoms with Gasteiger partial charge < -0.3 is 15.4 Å². The molecule has 1 aliphatic rings. The summed E-state index contributed by atoms with van der Waals surface area (Å²) in [6.45, 7) is 7.47. The average molecular weight is 248 g/mol. The molecule has 0 spiro atoms. The lowest BCUT2D eigenvalue weighted by molar-refractivity contribution is 0.242. The van der Waals surface area contributed by atoms with Gasteiger partial charge in [-0.15, -0.1) is 0 Å². The summed E-state index contributed by atoms with van der Waals surface area (Å²) in [7, 11) is 0. The van der Waals surface area contributed by atoms with E-state index in [-0.39, 0.29) is 6.10 Å². The minimum atomic E-state index is 0.179. The highest BCUT2D eigenvalue weighted by atomic mass is 16.5. The summed E-state index contributed by atoms with van der Waals surface area (Å²) in [5.74, 6) is 0.873. The summed E-state index contributed by atoms with van der Waals surface area (Å²) in [4.78, 5) is 2.44. The molecule has 0 aromatic heterocycles. The van der Waals surface area contributed by atoms with Crippen LogP contribution in [0.1, 0.15) is 40.0 Å². The van der Waals surface area contributed by atoms with Gasteiger partial charge in [-0.1, -0.05) is 0 Å². The Bertz CT molecular complexity index is 403. The molecule has 0 bridgehead atoms. The second kappa shape index (κ2) is 5.51. The van der Waals surface area contributed by atoms with Gasteiger partial charge in [-0.2, -0.15) is 0 Å². The van der Waals surface area contributed by atoms with E-state index in [4.69, 9.17) is 10.5 Å². The Hall–Kier alpha value is -1.38. The Kier molecular flexibility index (Phi) is 4.00. The Labute approximate surface area is 110 Å². The van der Waals surface area contributed by atoms with Crippen molar-refractivity contribution in [1.29, 1.82) is 0 Å². The van der Waals surface area contributed by atoms with E-state index in [0.29, 0.717) is 6.04 Å². The molecule has 0 saturated carbocycles. The zero-order chi connectivity index (χ0) is 13.1. The third kappa shape index (κ3) is 3.09. The maximum absolute atomic E-state index is 5.98. The molecule has 0 radical (unpaired) electrons. The van der Waals surface area contributed by atoms with Gasteiger partial charge in [-0.25, -0.2) is 0 Å². The molecule has 0 amide bonds. The molecular formula is C15H24N2O. The predicted molar refractivity (Wildman–Crippen MR) is 77.3 cm³/mol. The predicted octanol–water partition coefficient (Wildman–Crippen LogP) is 3.43. The standard InChI is InChI=1S/C15H24N2O/c1-11(2)18-15-9-13(16)8-14(10-15)17-7-5-4-6-12(17)3/h8-12H,4-7,16H2,1-3H3. The van der Waals surface area contributed by atoms with Gasteiger partial charge in [0.05, 0.1) is 6.10 Å². The zero-order valence-electron chi connectivity index (χ0n) is 11.6. The number of benzene rings is 1. The van der Waals surface area contributed by atoms with Gasteiger partial charge >= 0.3 is 0 Å². The number of piperidine rings is 1. The van der Waals surface area contributed by atoms with Gasteiger partial charge in [0, 0.05) is 36.1 Å². The molecule has 100 valence electrons. The first-order valence-corrected chi connectivity index (χ1v) is 6.90. The van der Waals surface area contributed by atoms with Crippen molar-refractivity contribution in [2.24, 2.45) is 0 Å². The fourth-order valence-electron chi connectivity index (χ4n) is 2.59. The molecular weight excluding hydrogens is 224 g/mol. The van der Waals surface area contributed by atoms with Crippen LogP contribution in [-0.2, 0) is 0 Å². The molecule has 3 heteroatoms. The molecule has 18 heavy (non-hydrogen) atoms. The molecule has 1 atom stereocenters. The SMILES string of the molecule is CC(C)Oc1cc(N)cc(N2CCCCC2C)c1.